The van der Waals surface area contributed by atoms with Crippen LogP contribution in [0.25, 0.3) is 6.08 Å². The molecule has 1 atom stereocenters. The Morgan fingerprint density at radius 2 is 1.89 bits per heavy atom. The molecule has 1 aliphatic rings. The molecule has 0 aliphatic carbocycles. The average molecular weight is 493 g/mol. The first-order valence-corrected chi connectivity index (χ1v) is 12.2. The Bertz CT molecular complexity index is 1450. The second kappa shape index (κ2) is 10.3. The molecule has 0 spiro atoms. The number of esters is 1. The first-order valence-electron chi connectivity index (χ1n) is 11.4. The van der Waals surface area contributed by atoms with Crippen molar-refractivity contribution in [3.05, 3.63) is 90.6 Å². The molecule has 2 aromatic carbocycles. The van der Waals surface area contributed by atoms with Gasteiger partial charge in [-0.2, -0.15) is 0 Å². The summed E-state index contributed by atoms with van der Waals surface area (Å²) in [5, 5.41) is 0. The van der Waals surface area contributed by atoms with Gasteiger partial charge in [-0.25, -0.2) is 9.79 Å². The van der Waals surface area contributed by atoms with E-state index in [0.29, 0.717) is 31.9 Å². The Hall–Kier alpha value is -3.65. The van der Waals surface area contributed by atoms with Gasteiger partial charge in [-0.15, -0.1) is 0 Å². The van der Waals surface area contributed by atoms with Crippen molar-refractivity contribution in [3.63, 3.8) is 0 Å². The predicted molar refractivity (Wildman–Crippen MR) is 136 cm³/mol. The molecule has 0 radical (unpaired) electrons. The fourth-order valence-corrected chi connectivity index (χ4v) is 5.05. The normalized spacial score (nSPS) is 15.6. The van der Waals surface area contributed by atoms with Gasteiger partial charge in [0, 0.05) is 5.56 Å². The van der Waals surface area contributed by atoms with Crippen LogP contribution < -0.4 is 24.4 Å². The highest BCUT2D eigenvalue weighted by Crippen LogP contribution is 2.36. The van der Waals surface area contributed by atoms with Gasteiger partial charge in [0.2, 0.25) is 0 Å². The summed E-state index contributed by atoms with van der Waals surface area (Å²) in [6, 6.07) is 14.2. The van der Waals surface area contributed by atoms with Crippen LogP contribution in [0.5, 0.6) is 11.5 Å². The van der Waals surface area contributed by atoms with Crippen molar-refractivity contribution in [2.45, 2.75) is 39.8 Å². The molecule has 0 saturated heterocycles. The number of hydrogen-bond donors (Lipinski definition) is 0. The van der Waals surface area contributed by atoms with Gasteiger partial charge in [-0.05, 0) is 57.5 Å². The van der Waals surface area contributed by atoms with Gasteiger partial charge >= 0.3 is 5.97 Å². The van der Waals surface area contributed by atoms with Gasteiger partial charge in [0.05, 0.1) is 35.6 Å². The molecular formula is C27H28N2O5S. The molecule has 4 rings (SSSR count). The van der Waals surface area contributed by atoms with Crippen LogP contribution in [0.15, 0.2) is 69.6 Å². The molecular weight excluding hydrogens is 464 g/mol. The van der Waals surface area contributed by atoms with Crippen LogP contribution in [-0.4, -0.2) is 30.4 Å². The largest absolute Gasteiger partial charge is 0.497 e. The summed E-state index contributed by atoms with van der Waals surface area (Å²) in [5.41, 5.74) is 2.18. The van der Waals surface area contributed by atoms with Crippen LogP contribution >= 0.6 is 11.3 Å². The molecule has 0 unspecified atom stereocenters. The van der Waals surface area contributed by atoms with E-state index in [1.54, 1.807) is 25.5 Å². The molecule has 0 fully saturated rings. The van der Waals surface area contributed by atoms with E-state index in [0.717, 1.165) is 11.3 Å². The summed E-state index contributed by atoms with van der Waals surface area (Å²) >= 11 is 1.29. The third-order valence-corrected chi connectivity index (χ3v) is 6.49. The number of nitrogens with zero attached hydrogens (tertiary/aromatic N) is 2. The minimum Gasteiger partial charge on any atom is -0.497 e. The zero-order chi connectivity index (χ0) is 25.1. The topological polar surface area (TPSA) is 79.1 Å². The highest BCUT2D eigenvalue weighted by atomic mass is 32.1. The average Bonchev–Trinajstić information content (AvgIpc) is 3.13. The Labute approximate surface area is 207 Å². The van der Waals surface area contributed by atoms with Crippen LogP contribution in [0.3, 0.4) is 0 Å². The second-order valence-corrected chi connectivity index (χ2v) is 9.29. The van der Waals surface area contributed by atoms with Crippen LogP contribution in [0, 0.1) is 0 Å². The molecule has 8 heteroatoms. The van der Waals surface area contributed by atoms with Crippen LogP contribution in [-0.2, 0) is 9.53 Å². The summed E-state index contributed by atoms with van der Waals surface area (Å²) in [4.78, 5) is 32.0. The molecule has 2 heterocycles. The number of methoxy groups -OCH3 is 1. The fraction of sp³-hybridized carbons (Fsp3) is 0.296. The molecule has 1 aliphatic heterocycles. The van der Waals surface area contributed by atoms with Gasteiger partial charge in [-0.1, -0.05) is 41.7 Å². The monoisotopic (exact) mass is 492 g/mol. The first-order chi connectivity index (χ1) is 16.8. The number of thiazole rings is 1. The maximum Gasteiger partial charge on any atom is 0.338 e. The van der Waals surface area contributed by atoms with Crippen molar-refractivity contribution in [3.8, 4) is 11.5 Å². The zero-order valence-electron chi connectivity index (χ0n) is 20.4. The molecule has 1 aromatic heterocycles. The molecule has 7 nitrogen and oxygen atoms in total. The van der Waals surface area contributed by atoms with E-state index in [1.165, 1.54) is 11.3 Å². The van der Waals surface area contributed by atoms with E-state index in [1.807, 2.05) is 68.5 Å². The minimum absolute atomic E-state index is 0.0850. The highest BCUT2D eigenvalue weighted by Gasteiger charge is 2.35. The predicted octanol–water partition coefficient (Wildman–Crippen LogP) is 3.59. The van der Waals surface area contributed by atoms with Crippen LogP contribution in [0.1, 0.15) is 44.9 Å². The lowest BCUT2D eigenvalue weighted by Crippen LogP contribution is -2.40. The first kappa shape index (κ1) is 24.5. The Kier molecular flexibility index (Phi) is 7.21. The Morgan fingerprint density at radius 1 is 1.17 bits per heavy atom. The Balaban J connectivity index is 1.95. The maximum absolute atomic E-state index is 13.7. The third kappa shape index (κ3) is 4.93. The number of carbonyl (C=O) groups excluding carboxylic acids is 1. The summed E-state index contributed by atoms with van der Waals surface area (Å²) < 4.78 is 18.7. The lowest BCUT2D eigenvalue weighted by molar-refractivity contribution is -0.139. The van der Waals surface area contributed by atoms with Crippen molar-refractivity contribution >= 4 is 23.4 Å². The minimum atomic E-state index is -0.724. The van der Waals surface area contributed by atoms with Crippen LogP contribution in [0.2, 0.25) is 0 Å². The molecule has 3 aromatic rings. The Morgan fingerprint density at radius 3 is 2.54 bits per heavy atom. The lowest BCUT2D eigenvalue weighted by Gasteiger charge is -2.26. The number of benzene rings is 2. The lowest BCUT2D eigenvalue weighted by atomic mass is 9.95. The summed E-state index contributed by atoms with van der Waals surface area (Å²) in [7, 11) is 1.61. The van der Waals surface area contributed by atoms with E-state index in [4.69, 9.17) is 14.2 Å². The summed E-state index contributed by atoms with van der Waals surface area (Å²) in [6.07, 6.45) is 1.73. The van der Waals surface area contributed by atoms with Crippen LogP contribution in [0.4, 0.5) is 0 Å². The van der Waals surface area contributed by atoms with E-state index in [2.05, 4.69) is 4.99 Å². The maximum atomic E-state index is 13.7. The van der Waals surface area contributed by atoms with Gasteiger partial charge in [0.25, 0.3) is 5.56 Å². The third-order valence-electron chi connectivity index (χ3n) is 5.51. The summed E-state index contributed by atoms with van der Waals surface area (Å²) in [6.45, 7) is 7.61. The molecule has 0 saturated carbocycles. The van der Waals surface area contributed by atoms with Crippen molar-refractivity contribution in [1.29, 1.82) is 0 Å². The standard InChI is InChI=1S/C27H28N2O5S/c1-6-33-26(31)23-17(4)28-27-29(24(23)20-9-7-8-10-21(20)34-16(2)3)25(30)22(35-27)15-18-11-13-19(32-5)14-12-18/h7-16,24H,6H2,1-5H3/b22-15+/t24-/m1/s1. The number of rotatable bonds is 7. The molecule has 35 heavy (non-hydrogen) atoms. The number of hydrogen-bond acceptors (Lipinski definition) is 7. The summed E-state index contributed by atoms with van der Waals surface area (Å²) in [5.74, 6) is 0.844. The number of carbonyl (C=O) groups is 1. The van der Waals surface area contributed by atoms with E-state index < -0.39 is 12.0 Å². The van der Waals surface area contributed by atoms with Gasteiger partial charge < -0.3 is 14.2 Å². The molecule has 182 valence electrons. The number of ether oxygens (including phenoxy) is 3. The quantitative estimate of drug-likeness (QED) is 0.471. The van der Waals surface area contributed by atoms with Gasteiger partial charge in [0.15, 0.2) is 4.80 Å². The second-order valence-electron chi connectivity index (χ2n) is 8.28. The fourth-order valence-electron chi connectivity index (χ4n) is 4.00. The van der Waals surface area contributed by atoms with Crippen molar-refractivity contribution in [2.24, 2.45) is 4.99 Å². The molecule has 0 bridgehead atoms. The van der Waals surface area contributed by atoms with E-state index in [-0.39, 0.29) is 18.3 Å². The van der Waals surface area contributed by atoms with Crippen molar-refractivity contribution in [2.75, 3.05) is 13.7 Å². The van der Waals surface area contributed by atoms with E-state index >= 15 is 0 Å². The highest BCUT2D eigenvalue weighted by molar-refractivity contribution is 7.07. The van der Waals surface area contributed by atoms with Crippen molar-refractivity contribution < 1.29 is 19.0 Å². The number of para-hydroxylation sites is 1. The number of aromatic nitrogens is 1. The number of fused-ring (bicyclic) bond motifs is 1. The van der Waals surface area contributed by atoms with Gasteiger partial charge in [0.1, 0.15) is 17.5 Å². The molecule has 0 N–H and O–H groups in total. The van der Waals surface area contributed by atoms with Gasteiger partial charge in [-0.3, -0.25) is 9.36 Å². The van der Waals surface area contributed by atoms with Crippen molar-refractivity contribution in [1.82, 2.24) is 4.57 Å². The smallest absolute Gasteiger partial charge is 0.338 e. The molecule has 0 amide bonds. The number of allylic oxidation sites excluding steroid dienone is 1. The zero-order valence-corrected chi connectivity index (χ0v) is 21.2. The SMILES string of the molecule is CCOC(=O)C1=C(C)N=c2s/c(=C/c3ccc(OC)cc3)c(=O)n2[C@@H]1c1ccccc1OC(C)C. The van der Waals surface area contributed by atoms with E-state index in [9.17, 15) is 9.59 Å².